The lowest BCUT2D eigenvalue weighted by molar-refractivity contribution is 0.293. The third kappa shape index (κ3) is 3.14. The highest BCUT2D eigenvalue weighted by atomic mass is 32.1. The Kier molecular flexibility index (Phi) is 4.02. The predicted molar refractivity (Wildman–Crippen MR) is 82.4 cm³/mol. The second kappa shape index (κ2) is 6.28. The average molecular weight is 296 g/mol. The monoisotopic (exact) mass is 296 g/mol. The molecule has 0 unspecified atom stereocenters. The van der Waals surface area contributed by atoms with Gasteiger partial charge in [-0.2, -0.15) is 4.37 Å². The summed E-state index contributed by atoms with van der Waals surface area (Å²) < 4.78 is 13.6. The molecule has 21 heavy (non-hydrogen) atoms. The van der Waals surface area contributed by atoms with Gasteiger partial charge in [-0.3, -0.25) is 4.79 Å². The maximum atomic E-state index is 12.3. The van der Waals surface area contributed by atoms with E-state index in [-0.39, 0.29) is 11.3 Å². The van der Waals surface area contributed by atoms with Gasteiger partial charge in [-0.15, -0.1) is 4.37 Å². The van der Waals surface area contributed by atoms with E-state index in [1.54, 1.807) is 0 Å². The standard InChI is InChI=1S/C16H12N2O2S/c19-15-14(13-9-5-2-6-10-13)17-21-18-16(15)20-11-12-7-3-1-4-8-12/h1-10H,11H2. The Bertz CT molecular complexity index is 773. The largest absolute Gasteiger partial charge is 0.469 e. The van der Waals surface area contributed by atoms with E-state index in [9.17, 15) is 4.79 Å². The zero-order valence-corrected chi connectivity index (χ0v) is 11.9. The van der Waals surface area contributed by atoms with E-state index in [0.29, 0.717) is 12.3 Å². The van der Waals surface area contributed by atoms with Crippen molar-refractivity contribution in [2.24, 2.45) is 0 Å². The lowest BCUT2D eigenvalue weighted by atomic mass is 10.1. The Morgan fingerprint density at radius 3 is 2.29 bits per heavy atom. The second-order valence-corrected chi connectivity index (χ2v) is 4.92. The van der Waals surface area contributed by atoms with Crippen LogP contribution in [0.25, 0.3) is 11.3 Å². The van der Waals surface area contributed by atoms with Crippen LogP contribution in [-0.2, 0) is 6.61 Å². The first-order valence-electron chi connectivity index (χ1n) is 6.43. The third-order valence-corrected chi connectivity index (χ3v) is 3.44. The molecule has 0 aliphatic heterocycles. The van der Waals surface area contributed by atoms with Crippen LogP contribution in [0.1, 0.15) is 5.56 Å². The van der Waals surface area contributed by atoms with Crippen molar-refractivity contribution in [3.63, 3.8) is 0 Å². The SMILES string of the molecule is O=c1c(OCc2ccccc2)nsnc1-c1ccccc1. The van der Waals surface area contributed by atoms with Crippen molar-refractivity contribution in [1.29, 1.82) is 0 Å². The third-order valence-electron chi connectivity index (χ3n) is 2.93. The number of nitrogens with zero attached hydrogens (tertiary/aromatic N) is 2. The maximum Gasteiger partial charge on any atom is 0.277 e. The zero-order valence-electron chi connectivity index (χ0n) is 11.1. The molecule has 1 heterocycles. The quantitative estimate of drug-likeness (QED) is 0.742. The Labute approximate surface area is 126 Å². The number of benzene rings is 2. The maximum absolute atomic E-state index is 12.3. The highest BCUT2D eigenvalue weighted by Gasteiger charge is 2.11. The van der Waals surface area contributed by atoms with E-state index < -0.39 is 0 Å². The van der Waals surface area contributed by atoms with E-state index >= 15 is 0 Å². The summed E-state index contributed by atoms with van der Waals surface area (Å²) in [4.78, 5) is 12.3. The van der Waals surface area contributed by atoms with Crippen molar-refractivity contribution in [1.82, 2.24) is 8.75 Å². The lowest BCUT2D eigenvalue weighted by Gasteiger charge is -2.05. The van der Waals surface area contributed by atoms with Crippen LogP contribution in [0.4, 0.5) is 0 Å². The molecule has 0 N–H and O–H groups in total. The molecule has 5 heteroatoms. The molecule has 1 aromatic heterocycles. The molecule has 0 radical (unpaired) electrons. The van der Waals surface area contributed by atoms with Gasteiger partial charge in [0, 0.05) is 5.56 Å². The topological polar surface area (TPSA) is 52.1 Å². The summed E-state index contributed by atoms with van der Waals surface area (Å²) in [7, 11) is 0. The lowest BCUT2D eigenvalue weighted by Crippen LogP contribution is -2.12. The Morgan fingerprint density at radius 2 is 1.57 bits per heavy atom. The van der Waals surface area contributed by atoms with E-state index in [2.05, 4.69) is 8.75 Å². The fraction of sp³-hybridized carbons (Fsp3) is 0.0625. The fourth-order valence-electron chi connectivity index (χ4n) is 1.88. The second-order valence-electron chi connectivity index (χ2n) is 4.39. The summed E-state index contributed by atoms with van der Waals surface area (Å²) in [6.07, 6.45) is 0. The van der Waals surface area contributed by atoms with Crippen molar-refractivity contribution >= 4 is 11.7 Å². The first-order chi connectivity index (χ1) is 10.3. The van der Waals surface area contributed by atoms with Crippen LogP contribution in [0, 0.1) is 0 Å². The van der Waals surface area contributed by atoms with Crippen molar-refractivity contribution in [3.05, 3.63) is 76.5 Å². The van der Waals surface area contributed by atoms with Gasteiger partial charge in [0.05, 0.1) is 11.7 Å². The Morgan fingerprint density at radius 1 is 0.905 bits per heavy atom. The highest BCUT2D eigenvalue weighted by molar-refractivity contribution is 6.99. The van der Waals surface area contributed by atoms with Crippen LogP contribution in [0.15, 0.2) is 65.5 Å². The van der Waals surface area contributed by atoms with Crippen LogP contribution in [-0.4, -0.2) is 8.75 Å². The van der Waals surface area contributed by atoms with Crippen LogP contribution in [0.3, 0.4) is 0 Å². The number of aromatic nitrogens is 2. The van der Waals surface area contributed by atoms with Gasteiger partial charge in [0.1, 0.15) is 12.3 Å². The molecule has 4 nitrogen and oxygen atoms in total. The summed E-state index contributed by atoms with van der Waals surface area (Å²) in [6.45, 7) is 0.314. The summed E-state index contributed by atoms with van der Waals surface area (Å²) in [6, 6.07) is 19.0. The van der Waals surface area contributed by atoms with Crippen LogP contribution < -0.4 is 10.2 Å². The zero-order chi connectivity index (χ0) is 14.5. The van der Waals surface area contributed by atoms with Gasteiger partial charge in [0.15, 0.2) is 0 Å². The molecule has 104 valence electrons. The van der Waals surface area contributed by atoms with E-state index in [1.165, 1.54) is 0 Å². The normalized spacial score (nSPS) is 10.3. The molecule has 0 saturated heterocycles. The van der Waals surface area contributed by atoms with Gasteiger partial charge in [0.2, 0.25) is 0 Å². The minimum Gasteiger partial charge on any atom is -0.469 e. The Balaban J connectivity index is 1.86. The number of hydrogen-bond acceptors (Lipinski definition) is 5. The first kappa shape index (κ1) is 13.5. The van der Waals surface area contributed by atoms with Gasteiger partial charge >= 0.3 is 0 Å². The number of ether oxygens (including phenoxy) is 1. The predicted octanol–water partition coefficient (Wildman–Crippen LogP) is 3.14. The molecular weight excluding hydrogens is 284 g/mol. The molecule has 0 saturated carbocycles. The minimum absolute atomic E-state index is 0.0951. The van der Waals surface area contributed by atoms with Crippen LogP contribution in [0.5, 0.6) is 5.88 Å². The Hall–Kier alpha value is -2.53. The van der Waals surface area contributed by atoms with E-state index in [4.69, 9.17) is 4.74 Å². The van der Waals surface area contributed by atoms with Gasteiger partial charge in [0.25, 0.3) is 11.3 Å². The van der Waals surface area contributed by atoms with Gasteiger partial charge in [-0.25, -0.2) is 0 Å². The molecule has 2 aromatic carbocycles. The molecule has 0 aliphatic rings. The minimum atomic E-state index is -0.282. The smallest absolute Gasteiger partial charge is 0.277 e. The molecule has 0 amide bonds. The summed E-state index contributed by atoms with van der Waals surface area (Å²) >= 11 is 0.975. The van der Waals surface area contributed by atoms with Gasteiger partial charge in [-0.05, 0) is 5.56 Å². The summed E-state index contributed by atoms with van der Waals surface area (Å²) in [5.41, 5.74) is 1.85. The number of hydrogen-bond donors (Lipinski definition) is 0. The summed E-state index contributed by atoms with van der Waals surface area (Å²) in [5.74, 6) is 0.0951. The van der Waals surface area contributed by atoms with Crippen molar-refractivity contribution < 1.29 is 4.74 Å². The van der Waals surface area contributed by atoms with Crippen molar-refractivity contribution in [2.75, 3.05) is 0 Å². The van der Waals surface area contributed by atoms with Gasteiger partial charge < -0.3 is 4.74 Å². The first-order valence-corrected chi connectivity index (χ1v) is 7.16. The van der Waals surface area contributed by atoms with Crippen molar-refractivity contribution in [3.8, 4) is 17.1 Å². The van der Waals surface area contributed by atoms with Gasteiger partial charge in [-0.1, -0.05) is 60.7 Å². The molecule has 0 spiro atoms. The van der Waals surface area contributed by atoms with E-state index in [0.717, 1.165) is 22.9 Å². The molecule has 0 bridgehead atoms. The molecule has 3 rings (SSSR count). The molecule has 0 aliphatic carbocycles. The summed E-state index contributed by atoms with van der Waals surface area (Å²) in [5, 5.41) is 0. The fourth-order valence-corrected chi connectivity index (χ4v) is 2.40. The average Bonchev–Trinajstić information content (AvgIpc) is 2.56. The number of rotatable bonds is 4. The van der Waals surface area contributed by atoms with Crippen molar-refractivity contribution in [2.45, 2.75) is 6.61 Å². The molecular formula is C16H12N2O2S. The molecule has 0 atom stereocenters. The molecule has 0 fully saturated rings. The van der Waals surface area contributed by atoms with Crippen LogP contribution in [0.2, 0.25) is 0 Å². The van der Waals surface area contributed by atoms with E-state index in [1.807, 2.05) is 60.7 Å². The highest BCUT2D eigenvalue weighted by Crippen LogP contribution is 2.15. The molecule has 3 aromatic rings. The van der Waals surface area contributed by atoms with Crippen LogP contribution >= 0.6 is 11.7 Å².